The van der Waals surface area contributed by atoms with E-state index in [4.69, 9.17) is 0 Å². The zero-order valence-corrected chi connectivity index (χ0v) is 10.5. The Morgan fingerprint density at radius 3 is 2.95 bits per heavy atom. The van der Waals surface area contributed by atoms with E-state index >= 15 is 0 Å². The van der Waals surface area contributed by atoms with Gasteiger partial charge in [-0.1, -0.05) is 12.1 Å². The molecule has 6 heteroatoms. The zero-order chi connectivity index (χ0) is 13.9. The molecule has 0 aliphatic rings. The van der Waals surface area contributed by atoms with Crippen LogP contribution >= 0.6 is 0 Å². The number of para-hydroxylation sites is 2. The van der Waals surface area contributed by atoms with Gasteiger partial charge in [-0.3, -0.25) is 9.78 Å². The van der Waals surface area contributed by atoms with Gasteiger partial charge in [0.05, 0.1) is 29.3 Å². The first-order chi connectivity index (χ1) is 9.74. The number of nitrogens with zero attached hydrogens (tertiary/aromatic N) is 2. The number of rotatable bonds is 3. The number of imidazole rings is 1. The van der Waals surface area contributed by atoms with Crippen LogP contribution in [0.1, 0.15) is 16.2 Å². The van der Waals surface area contributed by atoms with Crippen molar-refractivity contribution in [3.8, 4) is 5.75 Å². The Morgan fingerprint density at radius 1 is 1.30 bits per heavy atom. The fraction of sp³-hybridized carbons (Fsp3) is 0.0714. The summed E-state index contributed by atoms with van der Waals surface area (Å²) in [5.74, 6) is 0.146. The number of amides is 1. The van der Waals surface area contributed by atoms with Crippen molar-refractivity contribution in [2.45, 2.75) is 6.54 Å². The van der Waals surface area contributed by atoms with Gasteiger partial charge in [-0.05, 0) is 18.2 Å². The van der Waals surface area contributed by atoms with Gasteiger partial charge in [0.1, 0.15) is 11.6 Å². The van der Waals surface area contributed by atoms with Crippen LogP contribution in [0.4, 0.5) is 0 Å². The quantitative estimate of drug-likeness (QED) is 0.672. The molecule has 1 amide bonds. The highest BCUT2D eigenvalue weighted by Gasteiger charge is 2.11. The lowest BCUT2D eigenvalue weighted by Gasteiger charge is -2.04. The van der Waals surface area contributed by atoms with Gasteiger partial charge in [0.15, 0.2) is 0 Å². The van der Waals surface area contributed by atoms with Gasteiger partial charge in [0, 0.05) is 6.20 Å². The van der Waals surface area contributed by atoms with E-state index in [9.17, 15) is 9.90 Å². The number of fused-ring (bicyclic) bond motifs is 1. The first-order valence-electron chi connectivity index (χ1n) is 6.09. The van der Waals surface area contributed by atoms with Crippen LogP contribution in [0.15, 0.2) is 42.7 Å². The topological polar surface area (TPSA) is 90.9 Å². The lowest BCUT2D eigenvalue weighted by atomic mass is 10.2. The van der Waals surface area contributed by atoms with E-state index in [1.165, 1.54) is 18.5 Å². The lowest BCUT2D eigenvalue weighted by Crippen LogP contribution is -2.23. The molecule has 0 aliphatic carbocycles. The Bertz CT molecular complexity index is 733. The maximum Gasteiger partial charge on any atom is 0.255 e. The summed E-state index contributed by atoms with van der Waals surface area (Å²) in [7, 11) is 0. The van der Waals surface area contributed by atoms with Crippen molar-refractivity contribution in [2.24, 2.45) is 0 Å². The summed E-state index contributed by atoms with van der Waals surface area (Å²) in [5, 5.41) is 12.2. The second-order valence-electron chi connectivity index (χ2n) is 4.28. The lowest BCUT2D eigenvalue weighted by molar-refractivity contribution is 0.0947. The highest BCUT2D eigenvalue weighted by Crippen LogP contribution is 2.14. The second-order valence-corrected chi connectivity index (χ2v) is 4.28. The minimum absolute atomic E-state index is 0.144. The standard InChI is InChI=1S/C14H12N4O2/c19-12-7-15-6-5-9(12)14(20)16-8-13-17-10-3-1-2-4-11(10)18-13/h1-7,19H,8H2,(H,16,20)(H,17,18). The highest BCUT2D eigenvalue weighted by atomic mass is 16.3. The van der Waals surface area contributed by atoms with Crippen molar-refractivity contribution in [3.05, 3.63) is 54.1 Å². The van der Waals surface area contributed by atoms with Gasteiger partial charge >= 0.3 is 0 Å². The molecule has 0 radical (unpaired) electrons. The van der Waals surface area contributed by atoms with Crippen molar-refractivity contribution >= 4 is 16.9 Å². The average Bonchev–Trinajstić information content (AvgIpc) is 2.88. The predicted octanol–water partition coefficient (Wildman–Crippen LogP) is 1.59. The number of carbonyl (C=O) groups is 1. The monoisotopic (exact) mass is 268 g/mol. The molecular formula is C14H12N4O2. The summed E-state index contributed by atoms with van der Waals surface area (Å²) in [6.45, 7) is 0.259. The van der Waals surface area contributed by atoms with Crippen molar-refractivity contribution in [2.75, 3.05) is 0 Å². The third-order valence-corrected chi connectivity index (χ3v) is 2.90. The molecule has 100 valence electrons. The molecule has 0 saturated carbocycles. The number of aromatic hydroxyl groups is 1. The molecular weight excluding hydrogens is 256 g/mol. The number of hydrogen-bond acceptors (Lipinski definition) is 4. The number of nitrogens with one attached hydrogen (secondary N) is 2. The number of H-pyrrole nitrogens is 1. The zero-order valence-electron chi connectivity index (χ0n) is 10.5. The van der Waals surface area contributed by atoms with Crippen LogP contribution in [0.5, 0.6) is 5.75 Å². The Labute approximate surface area is 114 Å². The van der Waals surface area contributed by atoms with Gasteiger partial charge in [-0.15, -0.1) is 0 Å². The second kappa shape index (κ2) is 5.00. The van der Waals surface area contributed by atoms with E-state index in [2.05, 4.69) is 20.3 Å². The summed E-state index contributed by atoms with van der Waals surface area (Å²) in [5.41, 5.74) is 1.96. The molecule has 20 heavy (non-hydrogen) atoms. The maximum atomic E-state index is 11.9. The number of pyridine rings is 1. The van der Waals surface area contributed by atoms with Gasteiger partial charge in [0.2, 0.25) is 0 Å². The number of aromatic amines is 1. The summed E-state index contributed by atoms with van der Waals surface area (Å²) < 4.78 is 0. The molecule has 3 N–H and O–H groups in total. The van der Waals surface area contributed by atoms with Crippen LogP contribution in [0.25, 0.3) is 11.0 Å². The predicted molar refractivity (Wildman–Crippen MR) is 73.2 cm³/mol. The Balaban J connectivity index is 1.73. The molecule has 0 bridgehead atoms. The minimum Gasteiger partial charge on any atom is -0.505 e. The summed E-state index contributed by atoms with van der Waals surface area (Å²) in [4.78, 5) is 23.1. The molecule has 3 aromatic rings. The molecule has 2 aromatic heterocycles. The molecule has 1 aromatic carbocycles. The molecule has 0 atom stereocenters. The third-order valence-electron chi connectivity index (χ3n) is 2.90. The fourth-order valence-electron chi connectivity index (χ4n) is 1.93. The van der Waals surface area contributed by atoms with Crippen molar-refractivity contribution in [1.29, 1.82) is 0 Å². The summed E-state index contributed by atoms with van der Waals surface area (Å²) in [6, 6.07) is 9.09. The first kappa shape index (κ1) is 12.2. The average molecular weight is 268 g/mol. The summed E-state index contributed by atoms with van der Waals surface area (Å²) in [6.07, 6.45) is 2.69. The first-order valence-corrected chi connectivity index (χ1v) is 6.09. The van der Waals surface area contributed by atoms with E-state index in [0.29, 0.717) is 5.82 Å². The number of carbonyl (C=O) groups excluding carboxylic acids is 1. The van der Waals surface area contributed by atoms with Crippen LogP contribution in [0.2, 0.25) is 0 Å². The Kier molecular flexibility index (Phi) is 3.04. The van der Waals surface area contributed by atoms with Crippen LogP contribution in [-0.2, 0) is 6.54 Å². The van der Waals surface area contributed by atoms with Gasteiger partial charge in [-0.2, -0.15) is 0 Å². The molecule has 0 fully saturated rings. The maximum absolute atomic E-state index is 11.9. The largest absolute Gasteiger partial charge is 0.505 e. The van der Waals surface area contributed by atoms with Crippen LogP contribution in [0, 0.1) is 0 Å². The fourth-order valence-corrected chi connectivity index (χ4v) is 1.93. The van der Waals surface area contributed by atoms with Crippen LogP contribution in [-0.4, -0.2) is 26.0 Å². The molecule has 2 heterocycles. The van der Waals surface area contributed by atoms with E-state index in [1.807, 2.05) is 24.3 Å². The number of aromatic nitrogens is 3. The van der Waals surface area contributed by atoms with Gasteiger partial charge in [-0.25, -0.2) is 4.98 Å². The van der Waals surface area contributed by atoms with Crippen molar-refractivity contribution in [3.63, 3.8) is 0 Å². The smallest absolute Gasteiger partial charge is 0.255 e. The molecule has 0 unspecified atom stereocenters. The van der Waals surface area contributed by atoms with Crippen molar-refractivity contribution < 1.29 is 9.90 Å². The molecule has 3 rings (SSSR count). The Hall–Kier alpha value is -2.89. The SMILES string of the molecule is O=C(NCc1nc2ccccc2[nH]1)c1ccncc1O. The summed E-state index contributed by atoms with van der Waals surface area (Å²) >= 11 is 0. The molecule has 0 spiro atoms. The number of benzene rings is 1. The third kappa shape index (κ3) is 2.31. The normalized spacial score (nSPS) is 10.6. The minimum atomic E-state index is -0.370. The molecule has 6 nitrogen and oxygen atoms in total. The van der Waals surface area contributed by atoms with Gasteiger partial charge in [0.25, 0.3) is 5.91 Å². The van der Waals surface area contributed by atoms with Gasteiger partial charge < -0.3 is 15.4 Å². The van der Waals surface area contributed by atoms with Crippen LogP contribution < -0.4 is 5.32 Å². The molecule has 0 aliphatic heterocycles. The number of hydrogen-bond donors (Lipinski definition) is 3. The van der Waals surface area contributed by atoms with E-state index < -0.39 is 0 Å². The Morgan fingerprint density at radius 2 is 2.15 bits per heavy atom. The van der Waals surface area contributed by atoms with E-state index in [1.54, 1.807) is 0 Å². The van der Waals surface area contributed by atoms with Crippen molar-refractivity contribution in [1.82, 2.24) is 20.3 Å². The van der Waals surface area contributed by atoms with E-state index in [-0.39, 0.29) is 23.8 Å². The van der Waals surface area contributed by atoms with E-state index in [0.717, 1.165) is 11.0 Å². The molecule has 0 saturated heterocycles. The van der Waals surface area contributed by atoms with Crippen LogP contribution in [0.3, 0.4) is 0 Å². The highest BCUT2D eigenvalue weighted by molar-refractivity contribution is 5.96.